The number of hydrogen-bond acceptors (Lipinski definition) is 2. The molecule has 0 fully saturated rings. The van der Waals surface area contributed by atoms with Gasteiger partial charge in [-0.3, -0.25) is 4.98 Å². The standard InChI is InChI=1S/C11H18N2/c1-8(2)10(4)13-11-5-6-12-7-9(11)3/h5-8,10H,1-4H3,(H,12,13)/t10-/m1/s1. The Morgan fingerprint density at radius 2 is 2.00 bits per heavy atom. The van der Waals surface area contributed by atoms with Gasteiger partial charge in [-0.1, -0.05) is 13.8 Å². The van der Waals surface area contributed by atoms with Crippen molar-refractivity contribution >= 4 is 5.69 Å². The number of pyridine rings is 1. The lowest BCUT2D eigenvalue weighted by molar-refractivity contribution is 0.559. The maximum atomic E-state index is 4.06. The number of rotatable bonds is 3. The Bertz CT molecular complexity index is 269. The van der Waals surface area contributed by atoms with E-state index in [4.69, 9.17) is 0 Å². The van der Waals surface area contributed by atoms with E-state index in [-0.39, 0.29) is 0 Å². The maximum absolute atomic E-state index is 4.06. The first kappa shape index (κ1) is 10.0. The van der Waals surface area contributed by atoms with Crippen LogP contribution in [0.5, 0.6) is 0 Å². The third-order valence-electron chi connectivity index (χ3n) is 2.40. The zero-order valence-corrected chi connectivity index (χ0v) is 8.83. The van der Waals surface area contributed by atoms with Gasteiger partial charge in [-0.05, 0) is 31.4 Å². The lowest BCUT2D eigenvalue weighted by Crippen LogP contribution is -2.21. The van der Waals surface area contributed by atoms with Gasteiger partial charge in [0.1, 0.15) is 0 Å². The van der Waals surface area contributed by atoms with Crippen LogP contribution < -0.4 is 5.32 Å². The monoisotopic (exact) mass is 178 g/mol. The van der Waals surface area contributed by atoms with E-state index in [1.807, 2.05) is 18.5 Å². The summed E-state index contributed by atoms with van der Waals surface area (Å²) in [7, 11) is 0. The molecule has 0 radical (unpaired) electrons. The second-order valence-electron chi connectivity index (χ2n) is 3.87. The average Bonchev–Trinajstić information content (AvgIpc) is 2.08. The van der Waals surface area contributed by atoms with Crippen LogP contribution in [0.4, 0.5) is 5.69 Å². The van der Waals surface area contributed by atoms with Crippen molar-refractivity contribution in [3.05, 3.63) is 24.0 Å². The van der Waals surface area contributed by atoms with Gasteiger partial charge in [-0.15, -0.1) is 0 Å². The molecule has 0 unspecified atom stereocenters. The highest BCUT2D eigenvalue weighted by atomic mass is 14.9. The van der Waals surface area contributed by atoms with E-state index in [2.05, 4.69) is 38.0 Å². The third kappa shape index (κ3) is 2.72. The maximum Gasteiger partial charge on any atom is 0.0402 e. The van der Waals surface area contributed by atoms with E-state index in [0.29, 0.717) is 12.0 Å². The summed E-state index contributed by atoms with van der Waals surface area (Å²) in [6.07, 6.45) is 3.71. The first-order chi connectivity index (χ1) is 6.11. The third-order valence-corrected chi connectivity index (χ3v) is 2.40. The van der Waals surface area contributed by atoms with Crippen molar-refractivity contribution in [1.82, 2.24) is 4.98 Å². The number of hydrogen-bond donors (Lipinski definition) is 1. The summed E-state index contributed by atoms with van der Waals surface area (Å²) in [4.78, 5) is 4.06. The van der Waals surface area contributed by atoms with Gasteiger partial charge in [0.05, 0.1) is 0 Å². The molecule has 1 aromatic rings. The van der Waals surface area contributed by atoms with Crippen LogP contribution in [0.2, 0.25) is 0 Å². The molecule has 0 aliphatic rings. The summed E-state index contributed by atoms with van der Waals surface area (Å²) in [5, 5.41) is 3.47. The summed E-state index contributed by atoms with van der Waals surface area (Å²) in [5.41, 5.74) is 2.39. The molecule has 0 aromatic carbocycles. The van der Waals surface area contributed by atoms with Crippen LogP contribution in [0, 0.1) is 12.8 Å². The van der Waals surface area contributed by atoms with Crippen molar-refractivity contribution in [3.63, 3.8) is 0 Å². The van der Waals surface area contributed by atoms with E-state index in [1.54, 1.807) is 0 Å². The minimum Gasteiger partial charge on any atom is -0.382 e. The van der Waals surface area contributed by atoms with Gasteiger partial charge in [0.2, 0.25) is 0 Å². The van der Waals surface area contributed by atoms with Gasteiger partial charge in [0.25, 0.3) is 0 Å². The van der Waals surface area contributed by atoms with Crippen LogP contribution in [0.25, 0.3) is 0 Å². The summed E-state index contributed by atoms with van der Waals surface area (Å²) >= 11 is 0. The first-order valence-corrected chi connectivity index (χ1v) is 4.78. The summed E-state index contributed by atoms with van der Waals surface area (Å²) < 4.78 is 0. The highest BCUT2D eigenvalue weighted by molar-refractivity contribution is 5.49. The van der Waals surface area contributed by atoms with Crippen molar-refractivity contribution in [2.75, 3.05) is 5.32 Å². The largest absolute Gasteiger partial charge is 0.382 e. The lowest BCUT2D eigenvalue weighted by Gasteiger charge is -2.19. The molecule has 2 nitrogen and oxygen atoms in total. The summed E-state index contributed by atoms with van der Waals surface area (Å²) in [6, 6.07) is 2.52. The molecule has 0 bridgehead atoms. The molecule has 72 valence electrons. The molecule has 2 heteroatoms. The van der Waals surface area contributed by atoms with Gasteiger partial charge in [0.15, 0.2) is 0 Å². The summed E-state index contributed by atoms with van der Waals surface area (Å²) in [5.74, 6) is 0.646. The van der Waals surface area contributed by atoms with Crippen molar-refractivity contribution in [2.45, 2.75) is 33.7 Å². The molecule has 1 atom stereocenters. The van der Waals surface area contributed by atoms with E-state index in [0.717, 1.165) is 0 Å². The zero-order chi connectivity index (χ0) is 9.84. The molecule has 1 heterocycles. The second-order valence-corrected chi connectivity index (χ2v) is 3.87. The molecule has 0 saturated carbocycles. The highest BCUT2D eigenvalue weighted by Gasteiger charge is 2.07. The Hall–Kier alpha value is -1.05. The van der Waals surface area contributed by atoms with Gasteiger partial charge in [-0.25, -0.2) is 0 Å². The topological polar surface area (TPSA) is 24.9 Å². The van der Waals surface area contributed by atoms with Crippen LogP contribution in [0.3, 0.4) is 0 Å². The quantitative estimate of drug-likeness (QED) is 0.769. The van der Waals surface area contributed by atoms with Crippen LogP contribution in [0.1, 0.15) is 26.3 Å². The Morgan fingerprint density at radius 3 is 2.54 bits per heavy atom. The fourth-order valence-electron chi connectivity index (χ4n) is 1.05. The minimum atomic E-state index is 0.501. The van der Waals surface area contributed by atoms with Gasteiger partial charge < -0.3 is 5.32 Å². The predicted octanol–water partition coefficient (Wildman–Crippen LogP) is 2.85. The van der Waals surface area contributed by atoms with Crippen LogP contribution in [0.15, 0.2) is 18.5 Å². The predicted molar refractivity (Wildman–Crippen MR) is 56.9 cm³/mol. The van der Waals surface area contributed by atoms with Gasteiger partial charge in [0, 0.05) is 24.1 Å². The normalized spacial score (nSPS) is 13.0. The second kappa shape index (κ2) is 4.26. The smallest absolute Gasteiger partial charge is 0.0402 e. The van der Waals surface area contributed by atoms with Crippen molar-refractivity contribution in [3.8, 4) is 0 Å². The Kier molecular flexibility index (Phi) is 3.29. The number of nitrogens with zero attached hydrogens (tertiary/aromatic N) is 1. The fraction of sp³-hybridized carbons (Fsp3) is 0.545. The van der Waals surface area contributed by atoms with Crippen molar-refractivity contribution in [1.29, 1.82) is 0 Å². The minimum absolute atomic E-state index is 0.501. The number of aryl methyl sites for hydroxylation is 1. The Morgan fingerprint density at radius 1 is 1.31 bits per heavy atom. The van der Waals surface area contributed by atoms with E-state index in [9.17, 15) is 0 Å². The fourth-order valence-corrected chi connectivity index (χ4v) is 1.05. The molecule has 0 aliphatic carbocycles. The SMILES string of the molecule is Cc1cnccc1N[C@H](C)C(C)C. The number of anilines is 1. The van der Waals surface area contributed by atoms with E-state index >= 15 is 0 Å². The molecular formula is C11H18N2. The summed E-state index contributed by atoms with van der Waals surface area (Å²) in [6.45, 7) is 8.70. The van der Waals surface area contributed by atoms with Gasteiger partial charge >= 0.3 is 0 Å². The molecule has 1 N–H and O–H groups in total. The zero-order valence-electron chi connectivity index (χ0n) is 8.83. The molecule has 0 aliphatic heterocycles. The molecule has 1 aromatic heterocycles. The van der Waals surface area contributed by atoms with Crippen molar-refractivity contribution in [2.24, 2.45) is 5.92 Å². The molecule has 0 amide bonds. The highest BCUT2D eigenvalue weighted by Crippen LogP contribution is 2.15. The Balaban J connectivity index is 2.69. The van der Waals surface area contributed by atoms with Crippen LogP contribution in [-0.2, 0) is 0 Å². The van der Waals surface area contributed by atoms with Gasteiger partial charge in [-0.2, -0.15) is 0 Å². The molecule has 1 rings (SSSR count). The lowest BCUT2D eigenvalue weighted by atomic mass is 10.1. The molecule has 0 saturated heterocycles. The Labute approximate surface area is 80.4 Å². The average molecular weight is 178 g/mol. The van der Waals surface area contributed by atoms with Crippen molar-refractivity contribution < 1.29 is 0 Å². The molecule has 0 spiro atoms. The first-order valence-electron chi connectivity index (χ1n) is 4.78. The van der Waals surface area contributed by atoms with E-state index < -0.39 is 0 Å². The molecular weight excluding hydrogens is 160 g/mol. The van der Waals surface area contributed by atoms with Crippen LogP contribution >= 0.6 is 0 Å². The molecule has 13 heavy (non-hydrogen) atoms. The van der Waals surface area contributed by atoms with E-state index in [1.165, 1.54) is 11.3 Å². The number of nitrogens with one attached hydrogen (secondary N) is 1. The number of aromatic nitrogens is 1. The van der Waals surface area contributed by atoms with Crippen LogP contribution in [-0.4, -0.2) is 11.0 Å².